The number of benzene rings is 1. The van der Waals surface area contributed by atoms with Crippen LogP contribution >= 0.6 is 11.3 Å². The first-order chi connectivity index (χ1) is 12.5. The van der Waals surface area contributed by atoms with Crippen LogP contribution in [0.2, 0.25) is 0 Å². The predicted molar refractivity (Wildman–Crippen MR) is 98.6 cm³/mol. The number of rotatable bonds is 6. The number of sulfonamides is 1. The van der Waals surface area contributed by atoms with Gasteiger partial charge in [0.2, 0.25) is 10.0 Å². The number of halogens is 2. The van der Waals surface area contributed by atoms with Crippen molar-refractivity contribution in [3.63, 3.8) is 0 Å². The molecule has 4 nitrogen and oxygen atoms in total. The highest BCUT2D eigenvalue weighted by Crippen LogP contribution is 2.26. The van der Waals surface area contributed by atoms with Gasteiger partial charge in [-0.15, -0.1) is 0 Å². The molecule has 1 fully saturated rings. The Hall–Kier alpha value is -1.35. The second-order valence-electron chi connectivity index (χ2n) is 6.45. The summed E-state index contributed by atoms with van der Waals surface area (Å²) in [5.41, 5.74) is 1.05. The van der Waals surface area contributed by atoms with Crippen molar-refractivity contribution in [3.8, 4) is 0 Å². The van der Waals surface area contributed by atoms with Crippen LogP contribution < -0.4 is 4.72 Å². The van der Waals surface area contributed by atoms with Gasteiger partial charge in [0.1, 0.15) is 16.5 Å². The molecule has 0 radical (unpaired) electrons. The number of likely N-dealkylation sites (tertiary alicyclic amines) is 1. The van der Waals surface area contributed by atoms with Crippen LogP contribution in [0.3, 0.4) is 0 Å². The summed E-state index contributed by atoms with van der Waals surface area (Å²) in [5.74, 6) is -1.89. The molecule has 1 saturated heterocycles. The molecule has 0 saturated carbocycles. The molecule has 2 aromatic rings. The first kappa shape index (κ1) is 19.4. The molecule has 0 amide bonds. The zero-order valence-electron chi connectivity index (χ0n) is 14.3. The average Bonchev–Trinajstić information content (AvgIpc) is 2.97. The monoisotopic (exact) mass is 400 g/mol. The molecule has 8 heteroatoms. The second-order valence-corrected chi connectivity index (χ2v) is 8.96. The van der Waals surface area contributed by atoms with E-state index in [4.69, 9.17) is 0 Å². The highest BCUT2D eigenvalue weighted by molar-refractivity contribution is 7.89. The lowest BCUT2D eigenvalue weighted by Crippen LogP contribution is -2.38. The maximum absolute atomic E-state index is 13.9. The lowest BCUT2D eigenvalue weighted by molar-refractivity contribution is 0.206. The van der Waals surface area contributed by atoms with Crippen LogP contribution in [0.25, 0.3) is 0 Å². The number of thiophene rings is 1. The first-order valence-corrected chi connectivity index (χ1v) is 11.1. The molecule has 2 heterocycles. The lowest BCUT2D eigenvalue weighted by Gasteiger charge is -2.30. The Morgan fingerprint density at radius 3 is 2.46 bits per heavy atom. The van der Waals surface area contributed by atoms with Crippen LogP contribution in [0.4, 0.5) is 8.78 Å². The van der Waals surface area contributed by atoms with Gasteiger partial charge in [0.05, 0.1) is 0 Å². The number of hydrogen-bond acceptors (Lipinski definition) is 4. The van der Waals surface area contributed by atoms with Gasteiger partial charge in [-0.05, 0) is 60.5 Å². The van der Waals surface area contributed by atoms with E-state index in [1.54, 1.807) is 11.3 Å². The van der Waals surface area contributed by atoms with Crippen LogP contribution in [-0.2, 0) is 10.0 Å². The summed E-state index contributed by atoms with van der Waals surface area (Å²) in [6.45, 7) is 1.97. The van der Waals surface area contributed by atoms with E-state index in [0.29, 0.717) is 6.07 Å². The fourth-order valence-corrected chi connectivity index (χ4v) is 5.09. The van der Waals surface area contributed by atoms with Gasteiger partial charge in [-0.1, -0.05) is 12.8 Å². The van der Waals surface area contributed by atoms with Gasteiger partial charge >= 0.3 is 0 Å². The molecule has 0 bridgehead atoms. The van der Waals surface area contributed by atoms with E-state index in [2.05, 4.69) is 9.62 Å². The van der Waals surface area contributed by atoms with Gasteiger partial charge in [-0.25, -0.2) is 21.9 Å². The minimum atomic E-state index is -4.06. The van der Waals surface area contributed by atoms with Crippen molar-refractivity contribution in [1.82, 2.24) is 9.62 Å². The quantitative estimate of drug-likeness (QED) is 0.800. The lowest BCUT2D eigenvalue weighted by atomic mass is 10.1. The van der Waals surface area contributed by atoms with Gasteiger partial charge in [0.15, 0.2) is 0 Å². The summed E-state index contributed by atoms with van der Waals surface area (Å²) in [6, 6.07) is 4.38. The van der Waals surface area contributed by atoms with Crippen molar-refractivity contribution in [1.29, 1.82) is 0 Å². The fraction of sp³-hybridized carbons (Fsp3) is 0.444. The third-order valence-electron chi connectivity index (χ3n) is 4.66. The molecule has 0 aliphatic carbocycles. The van der Waals surface area contributed by atoms with Crippen LogP contribution in [0.5, 0.6) is 0 Å². The van der Waals surface area contributed by atoms with Crippen LogP contribution in [0.1, 0.15) is 37.3 Å². The Kier molecular flexibility index (Phi) is 6.39. The van der Waals surface area contributed by atoms with Gasteiger partial charge in [-0.2, -0.15) is 11.3 Å². The zero-order valence-corrected chi connectivity index (χ0v) is 16.0. The minimum Gasteiger partial charge on any atom is -0.295 e. The zero-order chi connectivity index (χ0) is 18.6. The van der Waals surface area contributed by atoms with Gasteiger partial charge in [-0.3, -0.25) is 4.90 Å². The summed E-state index contributed by atoms with van der Waals surface area (Å²) in [6.07, 6.45) is 4.53. The fourth-order valence-electron chi connectivity index (χ4n) is 3.29. The topological polar surface area (TPSA) is 49.4 Å². The Balaban J connectivity index is 1.78. The predicted octanol–water partition coefficient (Wildman–Crippen LogP) is 3.92. The van der Waals surface area contributed by atoms with Crippen molar-refractivity contribution < 1.29 is 17.2 Å². The summed E-state index contributed by atoms with van der Waals surface area (Å²) >= 11 is 1.57. The average molecular weight is 401 g/mol. The standard InChI is InChI=1S/C18H22F2N2O2S2/c19-15-5-6-18(16(20)11-15)26(23,24)21-12-17(14-7-10-25-13-14)22-8-3-1-2-4-9-22/h5-7,10-11,13,17,21H,1-4,8-9,12H2. The molecule has 1 aliphatic heterocycles. The molecule has 1 unspecified atom stereocenters. The molecule has 1 atom stereocenters. The summed E-state index contributed by atoms with van der Waals surface area (Å²) in [4.78, 5) is 1.76. The Labute approximate surface area is 156 Å². The number of nitrogens with one attached hydrogen (secondary N) is 1. The van der Waals surface area contributed by atoms with Gasteiger partial charge in [0.25, 0.3) is 0 Å². The van der Waals surface area contributed by atoms with Crippen molar-refractivity contribution >= 4 is 21.4 Å². The van der Waals surface area contributed by atoms with E-state index in [-0.39, 0.29) is 12.6 Å². The van der Waals surface area contributed by atoms with Crippen LogP contribution in [-0.4, -0.2) is 33.0 Å². The molecule has 26 heavy (non-hydrogen) atoms. The van der Waals surface area contributed by atoms with Crippen LogP contribution in [0, 0.1) is 11.6 Å². The van der Waals surface area contributed by atoms with E-state index in [1.165, 1.54) is 12.8 Å². The highest BCUT2D eigenvalue weighted by atomic mass is 32.2. The molecular weight excluding hydrogens is 378 g/mol. The summed E-state index contributed by atoms with van der Waals surface area (Å²) < 4.78 is 54.5. The molecule has 1 N–H and O–H groups in total. The first-order valence-electron chi connectivity index (χ1n) is 8.68. The smallest absolute Gasteiger partial charge is 0.243 e. The largest absolute Gasteiger partial charge is 0.295 e. The van der Waals surface area contributed by atoms with E-state index in [0.717, 1.165) is 43.6 Å². The Morgan fingerprint density at radius 1 is 1.12 bits per heavy atom. The van der Waals surface area contributed by atoms with E-state index in [1.807, 2.05) is 16.8 Å². The van der Waals surface area contributed by atoms with Crippen molar-refractivity contribution in [2.24, 2.45) is 0 Å². The van der Waals surface area contributed by atoms with Crippen molar-refractivity contribution in [2.75, 3.05) is 19.6 Å². The molecule has 3 rings (SSSR count). The third-order valence-corrected chi connectivity index (χ3v) is 6.82. The maximum Gasteiger partial charge on any atom is 0.243 e. The van der Waals surface area contributed by atoms with E-state index in [9.17, 15) is 17.2 Å². The SMILES string of the molecule is O=S(=O)(NCC(c1ccsc1)N1CCCCCC1)c1ccc(F)cc1F. The summed E-state index contributed by atoms with van der Waals surface area (Å²) in [5, 5.41) is 3.98. The number of hydrogen-bond donors (Lipinski definition) is 1. The van der Waals surface area contributed by atoms with E-state index >= 15 is 0 Å². The molecule has 1 aromatic carbocycles. The maximum atomic E-state index is 13.9. The van der Waals surface area contributed by atoms with Gasteiger partial charge in [0, 0.05) is 18.7 Å². The number of nitrogens with zero attached hydrogens (tertiary/aromatic N) is 1. The van der Waals surface area contributed by atoms with Crippen molar-refractivity contribution in [2.45, 2.75) is 36.6 Å². The minimum absolute atomic E-state index is 0.0994. The normalized spacial score (nSPS) is 17.8. The van der Waals surface area contributed by atoms with Crippen molar-refractivity contribution in [3.05, 3.63) is 52.2 Å². The second kappa shape index (κ2) is 8.56. The molecule has 1 aliphatic rings. The van der Waals surface area contributed by atoms with Gasteiger partial charge < -0.3 is 0 Å². The Morgan fingerprint density at radius 2 is 1.85 bits per heavy atom. The van der Waals surface area contributed by atoms with Crippen LogP contribution in [0.15, 0.2) is 39.9 Å². The molecule has 1 aromatic heterocycles. The molecule has 0 spiro atoms. The summed E-state index contributed by atoms with van der Waals surface area (Å²) in [7, 11) is -4.06. The van der Waals surface area contributed by atoms with E-state index < -0.39 is 26.6 Å². The highest BCUT2D eigenvalue weighted by Gasteiger charge is 2.26. The molecule has 142 valence electrons. The molecular formula is C18H22F2N2O2S2. The Bertz CT molecular complexity index is 818. The third kappa shape index (κ3) is 4.68.